The number of rotatable bonds is 5. The number of nitrogens with one attached hydrogen (secondary N) is 2. The molecule has 2 rings (SSSR count). The van der Waals surface area contributed by atoms with E-state index in [-0.39, 0.29) is 18.7 Å². The fourth-order valence-electron chi connectivity index (χ4n) is 2.22. The predicted molar refractivity (Wildman–Crippen MR) is 94.0 cm³/mol. The third-order valence-corrected chi connectivity index (χ3v) is 3.27. The second kappa shape index (κ2) is 8.15. The standard InChI is InChI=1S/C19H22N2O3/c1-13(2)20-19(23)21-17-10-5-4-9-16(17)18(22)24-12-15-8-6-7-14(3)11-15/h4-11,13H,12H2,1-3H3,(H2,20,21,23). The molecule has 0 bridgehead atoms. The van der Waals surface area contributed by atoms with Gasteiger partial charge in [0.15, 0.2) is 0 Å². The van der Waals surface area contributed by atoms with Crippen molar-refractivity contribution in [2.24, 2.45) is 0 Å². The molecule has 0 aliphatic heterocycles. The molecule has 0 atom stereocenters. The summed E-state index contributed by atoms with van der Waals surface area (Å²) in [6.07, 6.45) is 0. The van der Waals surface area contributed by atoms with Crippen LogP contribution in [-0.2, 0) is 11.3 Å². The van der Waals surface area contributed by atoms with Gasteiger partial charge in [0.25, 0.3) is 0 Å². The Hall–Kier alpha value is -2.82. The van der Waals surface area contributed by atoms with Crippen molar-refractivity contribution in [1.82, 2.24) is 5.32 Å². The molecule has 24 heavy (non-hydrogen) atoms. The Morgan fingerprint density at radius 3 is 2.54 bits per heavy atom. The van der Waals surface area contributed by atoms with Crippen LogP contribution in [0.5, 0.6) is 0 Å². The molecule has 0 saturated heterocycles. The molecule has 0 radical (unpaired) electrons. The summed E-state index contributed by atoms with van der Waals surface area (Å²) in [5.41, 5.74) is 2.77. The zero-order valence-corrected chi connectivity index (χ0v) is 14.1. The molecule has 2 aromatic carbocycles. The number of anilines is 1. The van der Waals surface area contributed by atoms with E-state index in [1.54, 1.807) is 24.3 Å². The molecule has 0 aliphatic rings. The first-order chi connectivity index (χ1) is 11.5. The molecule has 0 aliphatic carbocycles. The van der Waals surface area contributed by atoms with Crippen molar-refractivity contribution in [2.45, 2.75) is 33.4 Å². The van der Waals surface area contributed by atoms with Gasteiger partial charge in [0, 0.05) is 6.04 Å². The van der Waals surface area contributed by atoms with Crippen LogP contribution in [0.3, 0.4) is 0 Å². The fraction of sp³-hybridized carbons (Fsp3) is 0.263. The molecule has 0 aromatic heterocycles. The van der Waals surface area contributed by atoms with Gasteiger partial charge in [-0.1, -0.05) is 42.0 Å². The molecule has 0 spiro atoms. The number of esters is 1. The van der Waals surface area contributed by atoms with Gasteiger partial charge in [0.05, 0.1) is 11.3 Å². The minimum Gasteiger partial charge on any atom is -0.457 e. The minimum atomic E-state index is -0.475. The Kier molecular flexibility index (Phi) is 5.95. The Morgan fingerprint density at radius 2 is 1.83 bits per heavy atom. The van der Waals surface area contributed by atoms with E-state index in [2.05, 4.69) is 10.6 Å². The maximum Gasteiger partial charge on any atom is 0.340 e. The van der Waals surface area contributed by atoms with Crippen LogP contribution in [0.15, 0.2) is 48.5 Å². The van der Waals surface area contributed by atoms with Crippen molar-refractivity contribution in [1.29, 1.82) is 0 Å². The number of ether oxygens (including phenoxy) is 1. The van der Waals surface area contributed by atoms with Crippen LogP contribution in [0.1, 0.15) is 35.3 Å². The first kappa shape index (κ1) is 17.5. The van der Waals surface area contributed by atoms with E-state index in [1.807, 2.05) is 45.0 Å². The highest BCUT2D eigenvalue weighted by atomic mass is 16.5. The summed E-state index contributed by atoms with van der Waals surface area (Å²) < 4.78 is 5.36. The van der Waals surface area contributed by atoms with Gasteiger partial charge in [-0.2, -0.15) is 0 Å². The molecular formula is C19H22N2O3. The minimum absolute atomic E-state index is 0.00503. The normalized spacial score (nSPS) is 10.3. The van der Waals surface area contributed by atoms with Gasteiger partial charge in [-0.3, -0.25) is 0 Å². The highest BCUT2D eigenvalue weighted by Crippen LogP contribution is 2.17. The molecule has 2 aromatic rings. The van der Waals surface area contributed by atoms with Gasteiger partial charge in [-0.25, -0.2) is 9.59 Å². The zero-order chi connectivity index (χ0) is 17.5. The largest absolute Gasteiger partial charge is 0.457 e. The quantitative estimate of drug-likeness (QED) is 0.819. The number of urea groups is 1. The van der Waals surface area contributed by atoms with E-state index < -0.39 is 5.97 Å². The Morgan fingerprint density at radius 1 is 1.08 bits per heavy atom. The van der Waals surface area contributed by atoms with Gasteiger partial charge in [0.1, 0.15) is 6.61 Å². The van der Waals surface area contributed by atoms with Crippen LogP contribution < -0.4 is 10.6 Å². The summed E-state index contributed by atoms with van der Waals surface area (Å²) >= 11 is 0. The summed E-state index contributed by atoms with van der Waals surface area (Å²) in [5, 5.41) is 5.40. The molecule has 126 valence electrons. The van der Waals surface area contributed by atoms with Crippen LogP contribution in [0.2, 0.25) is 0 Å². The first-order valence-electron chi connectivity index (χ1n) is 7.85. The van der Waals surface area contributed by atoms with Gasteiger partial charge in [-0.05, 0) is 38.5 Å². The Balaban J connectivity index is 2.05. The van der Waals surface area contributed by atoms with E-state index in [0.29, 0.717) is 11.3 Å². The van der Waals surface area contributed by atoms with Crippen LogP contribution in [0.4, 0.5) is 10.5 Å². The fourth-order valence-corrected chi connectivity index (χ4v) is 2.22. The monoisotopic (exact) mass is 326 g/mol. The topological polar surface area (TPSA) is 67.4 Å². The summed E-state index contributed by atoms with van der Waals surface area (Å²) in [5.74, 6) is -0.475. The molecule has 0 saturated carbocycles. The molecular weight excluding hydrogens is 304 g/mol. The average molecular weight is 326 g/mol. The number of hydrogen-bond donors (Lipinski definition) is 2. The van der Waals surface area contributed by atoms with Crippen molar-refractivity contribution in [3.8, 4) is 0 Å². The lowest BCUT2D eigenvalue weighted by atomic mass is 10.1. The summed E-state index contributed by atoms with van der Waals surface area (Å²) in [4.78, 5) is 24.2. The lowest BCUT2D eigenvalue weighted by molar-refractivity contribution is 0.0474. The Bertz CT molecular complexity index is 726. The molecule has 0 heterocycles. The van der Waals surface area contributed by atoms with Crippen LogP contribution in [-0.4, -0.2) is 18.0 Å². The van der Waals surface area contributed by atoms with Crippen molar-refractivity contribution < 1.29 is 14.3 Å². The smallest absolute Gasteiger partial charge is 0.340 e. The lowest BCUT2D eigenvalue weighted by Crippen LogP contribution is -2.34. The molecule has 0 fully saturated rings. The van der Waals surface area contributed by atoms with Crippen LogP contribution >= 0.6 is 0 Å². The third kappa shape index (κ3) is 5.12. The molecule has 5 nitrogen and oxygen atoms in total. The van der Waals surface area contributed by atoms with E-state index in [4.69, 9.17) is 4.74 Å². The zero-order valence-electron chi connectivity index (χ0n) is 14.1. The van der Waals surface area contributed by atoms with Crippen molar-refractivity contribution >= 4 is 17.7 Å². The van der Waals surface area contributed by atoms with Crippen molar-refractivity contribution in [2.75, 3.05) is 5.32 Å². The highest BCUT2D eigenvalue weighted by molar-refractivity contribution is 6.00. The van der Waals surface area contributed by atoms with Gasteiger partial charge in [-0.15, -0.1) is 0 Å². The lowest BCUT2D eigenvalue weighted by Gasteiger charge is -2.13. The van der Waals surface area contributed by atoms with Gasteiger partial charge < -0.3 is 15.4 Å². The second-order valence-electron chi connectivity index (χ2n) is 5.86. The molecule has 2 amide bonds. The third-order valence-electron chi connectivity index (χ3n) is 3.27. The van der Waals surface area contributed by atoms with E-state index in [9.17, 15) is 9.59 Å². The maximum absolute atomic E-state index is 12.3. The van der Waals surface area contributed by atoms with Gasteiger partial charge in [0.2, 0.25) is 0 Å². The first-order valence-corrected chi connectivity index (χ1v) is 7.85. The van der Waals surface area contributed by atoms with E-state index in [0.717, 1.165) is 11.1 Å². The number of amides is 2. The van der Waals surface area contributed by atoms with Crippen LogP contribution in [0, 0.1) is 6.92 Å². The summed E-state index contributed by atoms with van der Waals surface area (Å²) in [6, 6.07) is 14.2. The summed E-state index contributed by atoms with van der Waals surface area (Å²) in [7, 11) is 0. The van der Waals surface area contributed by atoms with Crippen molar-refractivity contribution in [3.05, 3.63) is 65.2 Å². The SMILES string of the molecule is Cc1cccc(COC(=O)c2ccccc2NC(=O)NC(C)C)c1. The van der Waals surface area contributed by atoms with Crippen LogP contribution in [0.25, 0.3) is 0 Å². The molecule has 5 heteroatoms. The average Bonchev–Trinajstić information content (AvgIpc) is 2.52. The Labute approximate surface area is 142 Å². The van der Waals surface area contributed by atoms with Crippen molar-refractivity contribution in [3.63, 3.8) is 0 Å². The molecule has 0 unspecified atom stereocenters. The van der Waals surface area contributed by atoms with E-state index >= 15 is 0 Å². The number of benzene rings is 2. The maximum atomic E-state index is 12.3. The number of aryl methyl sites for hydroxylation is 1. The summed E-state index contributed by atoms with van der Waals surface area (Å²) in [6.45, 7) is 5.90. The van der Waals surface area contributed by atoms with Gasteiger partial charge >= 0.3 is 12.0 Å². The highest BCUT2D eigenvalue weighted by Gasteiger charge is 2.14. The molecule has 2 N–H and O–H groups in total. The van der Waals surface area contributed by atoms with E-state index in [1.165, 1.54) is 0 Å². The number of para-hydroxylation sites is 1. The number of carbonyl (C=O) groups is 2. The predicted octanol–water partition coefficient (Wildman–Crippen LogP) is 3.88. The number of hydrogen-bond acceptors (Lipinski definition) is 3. The second-order valence-corrected chi connectivity index (χ2v) is 5.86. The number of carbonyl (C=O) groups excluding carboxylic acids is 2.